The highest BCUT2D eigenvalue weighted by Crippen LogP contribution is 2.38. The van der Waals surface area contributed by atoms with Crippen LogP contribution in [0.4, 0.5) is 0 Å². The van der Waals surface area contributed by atoms with Crippen molar-refractivity contribution in [3.05, 3.63) is 63.8 Å². The maximum atomic E-state index is 13.0. The van der Waals surface area contributed by atoms with Crippen LogP contribution in [0.5, 0.6) is 17.2 Å². The molecule has 0 saturated carbocycles. The molecule has 164 valence electrons. The zero-order chi connectivity index (χ0) is 22.8. The van der Waals surface area contributed by atoms with Crippen LogP contribution in [0.15, 0.2) is 42.5 Å². The van der Waals surface area contributed by atoms with Crippen LogP contribution in [-0.4, -0.2) is 41.7 Å². The zero-order valence-corrected chi connectivity index (χ0v) is 19.5. The number of rotatable bonds is 7. The Morgan fingerprint density at radius 3 is 2.31 bits per heavy atom. The van der Waals surface area contributed by atoms with Gasteiger partial charge in [0.05, 0.1) is 32.7 Å². The Morgan fingerprint density at radius 1 is 1.06 bits per heavy atom. The van der Waals surface area contributed by atoms with Crippen LogP contribution in [0, 0.1) is 6.92 Å². The first kappa shape index (κ1) is 21.9. The molecule has 32 heavy (non-hydrogen) atoms. The average molecular weight is 470 g/mol. The summed E-state index contributed by atoms with van der Waals surface area (Å²) in [5.41, 5.74) is 2.70. The van der Waals surface area contributed by atoms with Crippen LogP contribution in [0.1, 0.15) is 21.1 Å². The topological polar surface area (TPSA) is 75.0 Å². The summed E-state index contributed by atoms with van der Waals surface area (Å²) in [6, 6.07) is 10.6. The van der Waals surface area contributed by atoms with E-state index in [1.165, 1.54) is 38.7 Å². The summed E-state index contributed by atoms with van der Waals surface area (Å²) in [6.45, 7) is 1.91. The van der Waals surface area contributed by atoms with E-state index in [0.717, 1.165) is 15.5 Å². The zero-order valence-electron chi connectivity index (χ0n) is 17.9. The molecule has 0 aliphatic heterocycles. The Bertz CT molecular complexity index is 1300. The number of carbonyl (C=O) groups is 1. The monoisotopic (exact) mass is 469 g/mol. The number of ketones is 1. The summed E-state index contributed by atoms with van der Waals surface area (Å²) in [7, 11) is 4.53. The molecule has 0 fully saturated rings. The van der Waals surface area contributed by atoms with E-state index < -0.39 is 0 Å². The van der Waals surface area contributed by atoms with Crippen molar-refractivity contribution in [1.82, 2.24) is 14.6 Å². The number of hydrogen-bond acceptors (Lipinski definition) is 7. The van der Waals surface area contributed by atoms with Crippen molar-refractivity contribution in [2.24, 2.45) is 0 Å². The minimum Gasteiger partial charge on any atom is -0.493 e. The quantitative estimate of drug-likeness (QED) is 0.268. The highest BCUT2D eigenvalue weighted by molar-refractivity contribution is 7.16. The molecule has 0 spiro atoms. The Balaban J connectivity index is 1.76. The van der Waals surface area contributed by atoms with Gasteiger partial charge in [-0.25, -0.2) is 9.50 Å². The Labute approximate surface area is 193 Å². The van der Waals surface area contributed by atoms with E-state index in [1.54, 1.807) is 34.9 Å². The van der Waals surface area contributed by atoms with Crippen molar-refractivity contribution in [2.75, 3.05) is 21.3 Å². The number of nitrogens with zero attached hydrogens (tertiary/aromatic N) is 3. The number of benzene rings is 2. The molecule has 0 saturated heterocycles. The molecule has 4 rings (SSSR count). The molecule has 0 N–H and O–H groups in total. The molecule has 9 heteroatoms. The standard InChI is InChI=1S/C23H20ClN3O4S/c1-13-26-27-17(21(25-23(27)32-13)14-5-7-16(24)8-6-14)9-10-18(28)15-11-19(29-2)22(31-4)20(12-15)30-3/h5-12H,1-4H3/b10-9+. The maximum Gasteiger partial charge on any atom is 0.213 e. The molecule has 0 radical (unpaired) electrons. The van der Waals surface area contributed by atoms with Gasteiger partial charge in [-0.1, -0.05) is 35.1 Å². The minimum atomic E-state index is -0.229. The van der Waals surface area contributed by atoms with E-state index in [9.17, 15) is 4.79 Å². The van der Waals surface area contributed by atoms with Gasteiger partial charge in [0.15, 0.2) is 17.3 Å². The van der Waals surface area contributed by atoms with Gasteiger partial charge in [-0.15, -0.1) is 0 Å². The summed E-state index contributed by atoms with van der Waals surface area (Å²) in [4.78, 5) is 18.5. The number of imidazole rings is 1. The van der Waals surface area contributed by atoms with E-state index in [0.29, 0.717) is 39.2 Å². The van der Waals surface area contributed by atoms with Gasteiger partial charge < -0.3 is 14.2 Å². The van der Waals surface area contributed by atoms with E-state index in [2.05, 4.69) is 5.10 Å². The van der Waals surface area contributed by atoms with Crippen molar-refractivity contribution in [3.63, 3.8) is 0 Å². The van der Waals surface area contributed by atoms with Gasteiger partial charge in [-0.2, -0.15) is 5.10 Å². The minimum absolute atomic E-state index is 0.229. The number of allylic oxidation sites excluding steroid dienone is 1. The summed E-state index contributed by atoms with van der Waals surface area (Å²) in [6.07, 6.45) is 3.20. The van der Waals surface area contributed by atoms with Gasteiger partial charge in [0.2, 0.25) is 10.7 Å². The summed E-state index contributed by atoms with van der Waals surface area (Å²) in [5.74, 6) is 1.02. The fourth-order valence-corrected chi connectivity index (χ4v) is 4.18. The fourth-order valence-electron chi connectivity index (χ4n) is 3.30. The van der Waals surface area contributed by atoms with E-state index in [1.807, 2.05) is 19.1 Å². The van der Waals surface area contributed by atoms with Crippen molar-refractivity contribution in [1.29, 1.82) is 0 Å². The molecule has 2 aromatic carbocycles. The van der Waals surface area contributed by atoms with Crippen LogP contribution >= 0.6 is 22.9 Å². The van der Waals surface area contributed by atoms with Gasteiger partial charge in [0.25, 0.3) is 0 Å². The highest BCUT2D eigenvalue weighted by atomic mass is 35.5. The second kappa shape index (κ2) is 9.02. The molecule has 0 unspecified atom stereocenters. The molecular weight excluding hydrogens is 450 g/mol. The third kappa shape index (κ3) is 4.06. The lowest BCUT2D eigenvalue weighted by molar-refractivity contribution is 0.104. The molecule has 2 aromatic heterocycles. The molecule has 0 atom stereocenters. The van der Waals surface area contributed by atoms with Gasteiger partial charge in [-0.05, 0) is 43.3 Å². The van der Waals surface area contributed by atoms with E-state index in [4.69, 9.17) is 30.8 Å². The molecule has 4 aromatic rings. The molecule has 0 bridgehead atoms. The van der Waals surface area contributed by atoms with Gasteiger partial charge in [0, 0.05) is 16.1 Å². The molecular formula is C23H20ClN3O4S. The number of hydrogen-bond donors (Lipinski definition) is 0. The van der Waals surface area contributed by atoms with Crippen molar-refractivity contribution in [2.45, 2.75) is 6.92 Å². The van der Waals surface area contributed by atoms with Gasteiger partial charge in [0.1, 0.15) is 5.01 Å². The summed E-state index contributed by atoms with van der Waals surface area (Å²) in [5, 5.41) is 6.05. The second-order valence-electron chi connectivity index (χ2n) is 6.78. The molecule has 7 nitrogen and oxygen atoms in total. The predicted molar refractivity (Wildman–Crippen MR) is 126 cm³/mol. The third-order valence-corrected chi connectivity index (χ3v) is 5.87. The average Bonchev–Trinajstić information content (AvgIpc) is 3.32. The lowest BCUT2D eigenvalue weighted by Crippen LogP contribution is -2.01. The van der Waals surface area contributed by atoms with Gasteiger partial charge >= 0.3 is 0 Å². The largest absolute Gasteiger partial charge is 0.493 e. The third-order valence-electron chi connectivity index (χ3n) is 4.80. The first-order valence-electron chi connectivity index (χ1n) is 9.59. The van der Waals surface area contributed by atoms with Crippen molar-refractivity contribution >= 4 is 39.8 Å². The van der Waals surface area contributed by atoms with Crippen LogP contribution in [0.2, 0.25) is 5.02 Å². The number of ether oxygens (including phenoxy) is 3. The second-order valence-corrected chi connectivity index (χ2v) is 8.38. The number of fused-ring (bicyclic) bond motifs is 1. The van der Waals surface area contributed by atoms with E-state index in [-0.39, 0.29) is 5.78 Å². The number of aryl methyl sites for hydroxylation is 1. The summed E-state index contributed by atoms with van der Waals surface area (Å²) < 4.78 is 17.8. The number of carbonyl (C=O) groups excluding carboxylic acids is 1. The highest BCUT2D eigenvalue weighted by Gasteiger charge is 2.18. The first-order valence-corrected chi connectivity index (χ1v) is 10.8. The number of aromatic nitrogens is 3. The number of halogens is 1. The van der Waals surface area contributed by atoms with Crippen LogP contribution in [0.3, 0.4) is 0 Å². The van der Waals surface area contributed by atoms with Crippen molar-refractivity contribution in [3.8, 4) is 28.5 Å². The Hall–Kier alpha value is -3.36. The lowest BCUT2D eigenvalue weighted by atomic mass is 10.1. The summed E-state index contributed by atoms with van der Waals surface area (Å²) >= 11 is 7.51. The Kier molecular flexibility index (Phi) is 6.16. The lowest BCUT2D eigenvalue weighted by Gasteiger charge is -2.13. The molecule has 0 aliphatic carbocycles. The normalized spacial score (nSPS) is 11.3. The smallest absolute Gasteiger partial charge is 0.213 e. The van der Waals surface area contributed by atoms with Crippen LogP contribution in [-0.2, 0) is 0 Å². The first-order chi connectivity index (χ1) is 15.4. The fraction of sp³-hybridized carbons (Fsp3) is 0.174. The van der Waals surface area contributed by atoms with Gasteiger partial charge in [-0.3, -0.25) is 4.79 Å². The number of methoxy groups -OCH3 is 3. The molecule has 0 aliphatic rings. The van der Waals surface area contributed by atoms with Crippen molar-refractivity contribution < 1.29 is 19.0 Å². The van der Waals surface area contributed by atoms with Crippen LogP contribution in [0.25, 0.3) is 22.3 Å². The predicted octanol–water partition coefficient (Wildman–Crippen LogP) is 5.34. The molecule has 0 amide bonds. The Morgan fingerprint density at radius 2 is 1.72 bits per heavy atom. The maximum absolute atomic E-state index is 13.0. The van der Waals surface area contributed by atoms with Crippen LogP contribution < -0.4 is 14.2 Å². The molecule has 2 heterocycles. The SMILES string of the molecule is COc1cc(C(=O)/C=C/c2c(-c3ccc(Cl)cc3)nc3sc(C)nn23)cc(OC)c1OC. The van der Waals surface area contributed by atoms with E-state index >= 15 is 0 Å².